The Balaban J connectivity index is 1.84. The molecule has 0 fully saturated rings. The summed E-state index contributed by atoms with van der Waals surface area (Å²) in [5, 5.41) is 12.3. The summed E-state index contributed by atoms with van der Waals surface area (Å²) in [5.41, 5.74) is 1.32. The largest absolute Gasteiger partial charge is 0.296 e. The lowest BCUT2D eigenvalue weighted by Crippen LogP contribution is -2.27. The van der Waals surface area contributed by atoms with Crippen molar-refractivity contribution in [2.75, 3.05) is 22.9 Å². The Morgan fingerprint density at radius 1 is 1.11 bits per heavy atom. The Hall–Kier alpha value is -2.49. The molecule has 1 amide bonds. The molecule has 0 spiro atoms. The van der Waals surface area contributed by atoms with Gasteiger partial charge in [0.25, 0.3) is 5.91 Å². The minimum atomic E-state index is -3.50. The van der Waals surface area contributed by atoms with Gasteiger partial charge in [0.05, 0.1) is 17.5 Å². The first kappa shape index (κ1) is 19.3. The van der Waals surface area contributed by atoms with Gasteiger partial charge in [-0.2, -0.15) is 0 Å². The molecule has 140 valence electrons. The first-order valence-corrected chi connectivity index (χ1v) is 10.7. The van der Waals surface area contributed by atoms with Crippen molar-refractivity contribution in [3.8, 4) is 10.6 Å². The van der Waals surface area contributed by atoms with Gasteiger partial charge in [-0.3, -0.25) is 14.4 Å². The number of halogens is 1. The van der Waals surface area contributed by atoms with Crippen LogP contribution in [0.25, 0.3) is 10.6 Å². The van der Waals surface area contributed by atoms with Gasteiger partial charge in [0.1, 0.15) is 5.01 Å². The predicted molar refractivity (Wildman–Crippen MR) is 108 cm³/mol. The van der Waals surface area contributed by atoms with Crippen LogP contribution in [0.1, 0.15) is 10.4 Å². The molecule has 1 aromatic heterocycles. The number of benzene rings is 2. The molecule has 0 atom stereocenters. The van der Waals surface area contributed by atoms with Crippen LogP contribution < -0.4 is 9.62 Å². The normalized spacial score (nSPS) is 11.2. The lowest BCUT2D eigenvalue weighted by molar-refractivity contribution is 0.102. The van der Waals surface area contributed by atoms with Gasteiger partial charge in [-0.1, -0.05) is 47.2 Å². The van der Waals surface area contributed by atoms with E-state index in [1.807, 2.05) is 12.1 Å². The van der Waals surface area contributed by atoms with Crippen molar-refractivity contribution < 1.29 is 13.2 Å². The SMILES string of the molecule is CN(c1ccccc1C(=O)Nc1nnc(-c2ccc(Cl)cc2)s1)S(C)(=O)=O. The fourth-order valence-corrected chi connectivity index (χ4v) is 3.65. The molecule has 0 unspecified atom stereocenters. The average molecular weight is 423 g/mol. The van der Waals surface area contributed by atoms with Gasteiger partial charge in [0.15, 0.2) is 0 Å². The smallest absolute Gasteiger partial charge is 0.259 e. The Labute approximate surface area is 165 Å². The molecule has 0 aliphatic heterocycles. The summed E-state index contributed by atoms with van der Waals surface area (Å²) in [4.78, 5) is 12.6. The summed E-state index contributed by atoms with van der Waals surface area (Å²) in [6, 6.07) is 13.5. The number of sulfonamides is 1. The second kappa shape index (κ2) is 7.63. The zero-order valence-electron chi connectivity index (χ0n) is 14.4. The van der Waals surface area contributed by atoms with E-state index in [-0.39, 0.29) is 11.3 Å². The van der Waals surface area contributed by atoms with Gasteiger partial charge < -0.3 is 0 Å². The first-order valence-electron chi connectivity index (χ1n) is 7.69. The molecule has 27 heavy (non-hydrogen) atoms. The van der Waals surface area contributed by atoms with Crippen molar-refractivity contribution in [2.24, 2.45) is 0 Å². The monoisotopic (exact) mass is 422 g/mol. The van der Waals surface area contributed by atoms with E-state index in [1.165, 1.54) is 18.4 Å². The molecule has 0 aliphatic rings. The second-order valence-corrected chi connectivity index (χ2v) is 9.05. The van der Waals surface area contributed by atoms with E-state index >= 15 is 0 Å². The molecule has 0 radical (unpaired) electrons. The van der Waals surface area contributed by atoms with Crippen molar-refractivity contribution >= 4 is 49.7 Å². The fraction of sp³-hybridized carbons (Fsp3) is 0.118. The van der Waals surface area contributed by atoms with Crippen LogP contribution >= 0.6 is 22.9 Å². The van der Waals surface area contributed by atoms with Gasteiger partial charge in [-0.05, 0) is 24.3 Å². The number of amides is 1. The van der Waals surface area contributed by atoms with Crippen LogP contribution in [0.4, 0.5) is 10.8 Å². The van der Waals surface area contributed by atoms with Gasteiger partial charge in [-0.25, -0.2) is 8.42 Å². The Morgan fingerprint density at radius 2 is 1.78 bits per heavy atom. The lowest BCUT2D eigenvalue weighted by Gasteiger charge is -2.19. The zero-order chi connectivity index (χ0) is 19.6. The minimum absolute atomic E-state index is 0.216. The number of carbonyl (C=O) groups is 1. The van der Waals surface area contributed by atoms with E-state index in [1.54, 1.807) is 36.4 Å². The Kier molecular flexibility index (Phi) is 5.45. The molecule has 0 saturated heterocycles. The maximum absolute atomic E-state index is 12.6. The molecule has 0 saturated carbocycles. The first-order chi connectivity index (χ1) is 12.8. The zero-order valence-corrected chi connectivity index (χ0v) is 16.8. The number of aromatic nitrogens is 2. The van der Waals surface area contributed by atoms with Crippen molar-refractivity contribution in [1.29, 1.82) is 0 Å². The van der Waals surface area contributed by atoms with E-state index in [9.17, 15) is 13.2 Å². The second-order valence-electron chi connectivity index (χ2n) is 5.62. The summed E-state index contributed by atoms with van der Waals surface area (Å²) in [7, 11) is -2.11. The van der Waals surface area contributed by atoms with Crippen LogP contribution in [0.3, 0.4) is 0 Å². The summed E-state index contributed by atoms with van der Waals surface area (Å²) < 4.78 is 24.7. The number of nitrogens with zero attached hydrogens (tertiary/aromatic N) is 3. The maximum atomic E-state index is 12.6. The number of para-hydroxylation sites is 1. The predicted octanol–water partition coefficient (Wildman–Crippen LogP) is 3.51. The van der Waals surface area contributed by atoms with Gasteiger partial charge in [-0.15, -0.1) is 10.2 Å². The van der Waals surface area contributed by atoms with E-state index < -0.39 is 15.9 Å². The number of nitrogens with one attached hydrogen (secondary N) is 1. The van der Waals surface area contributed by atoms with Crippen molar-refractivity contribution in [2.45, 2.75) is 0 Å². The topological polar surface area (TPSA) is 92.3 Å². The molecule has 1 heterocycles. The van der Waals surface area contributed by atoms with Crippen LogP contribution in [0.15, 0.2) is 48.5 Å². The highest BCUT2D eigenvalue weighted by molar-refractivity contribution is 7.92. The van der Waals surface area contributed by atoms with E-state index in [4.69, 9.17) is 11.6 Å². The van der Waals surface area contributed by atoms with Crippen LogP contribution in [-0.4, -0.2) is 37.8 Å². The molecule has 10 heteroatoms. The molecule has 2 aromatic carbocycles. The Bertz CT molecular complexity index is 1080. The standard InChI is InChI=1S/C17H15ClN4O3S2/c1-22(27(2,24)25)14-6-4-3-5-13(14)15(23)19-17-21-20-16(26-17)11-7-9-12(18)10-8-11/h3-10H,1-2H3,(H,19,21,23). The summed E-state index contributed by atoms with van der Waals surface area (Å²) >= 11 is 7.08. The van der Waals surface area contributed by atoms with Gasteiger partial charge in [0.2, 0.25) is 15.2 Å². The minimum Gasteiger partial charge on any atom is -0.296 e. The molecule has 7 nitrogen and oxygen atoms in total. The van der Waals surface area contributed by atoms with Crippen molar-refractivity contribution in [3.63, 3.8) is 0 Å². The molecular formula is C17H15ClN4O3S2. The van der Waals surface area contributed by atoms with Crippen LogP contribution in [0.2, 0.25) is 5.02 Å². The third kappa shape index (κ3) is 4.44. The van der Waals surface area contributed by atoms with E-state index in [2.05, 4.69) is 15.5 Å². The highest BCUT2D eigenvalue weighted by Crippen LogP contribution is 2.28. The van der Waals surface area contributed by atoms with E-state index in [0.29, 0.717) is 15.2 Å². The average Bonchev–Trinajstić information content (AvgIpc) is 3.09. The van der Waals surface area contributed by atoms with Crippen molar-refractivity contribution in [1.82, 2.24) is 10.2 Å². The summed E-state index contributed by atoms with van der Waals surface area (Å²) in [5.74, 6) is -0.472. The number of hydrogen-bond acceptors (Lipinski definition) is 6. The fourth-order valence-electron chi connectivity index (χ4n) is 2.27. The number of anilines is 2. The number of hydrogen-bond donors (Lipinski definition) is 1. The molecule has 0 aliphatic carbocycles. The molecule has 0 bridgehead atoms. The molecule has 1 N–H and O–H groups in total. The summed E-state index contributed by atoms with van der Waals surface area (Å²) in [6.45, 7) is 0. The van der Waals surface area contributed by atoms with Crippen LogP contribution in [0.5, 0.6) is 0 Å². The Morgan fingerprint density at radius 3 is 2.44 bits per heavy atom. The highest BCUT2D eigenvalue weighted by atomic mass is 35.5. The quantitative estimate of drug-likeness (QED) is 0.679. The number of rotatable bonds is 5. The molecule has 3 rings (SSSR count). The van der Waals surface area contributed by atoms with Gasteiger partial charge in [0, 0.05) is 17.6 Å². The third-order valence-electron chi connectivity index (χ3n) is 3.72. The highest BCUT2D eigenvalue weighted by Gasteiger charge is 2.20. The lowest BCUT2D eigenvalue weighted by atomic mass is 10.1. The van der Waals surface area contributed by atoms with E-state index in [0.717, 1.165) is 16.1 Å². The molecular weight excluding hydrogens is 408 g/mol. The number of carbonyl (C=O) groups excluding carboxylic acids is 1. The van der Waals surface area contributed by atoms with Crippen molar-refractivity contribution in [3.05, 3.63) is 59.1 Å². The summed E-state index contributed by atoms with van der Waals surface area (Å²) in [6.07, 6.45) is 1.07. The van der Waals surface area contributed by atoms with Crippen LogP contribution in [0, 0.1) is 0 Å². The van der Waals surface area contributed by atoms with Gasteiger partial charge >= 0.3 is 0 Å². The maximum Gasteiger partial charge on any atom is 0.259 e. The third-order valence-corrected chi connectivity index (χ3v) is 6.05. The van der Waals surface area contributed by atoms with Crippen LogP contribution in [-0.2, 0) is 10.0 Å². The molecule has 3 aromatic rings.